The number of unbranched alkanes of at least 4 members (excludes halogenated alkanes) is 1. The first-order valence-corrected chi connectivity index (χ1v) is 8.74. The number of hydrogen-bond donors (Lipinski definition) is 1. The standard InChI is InChI=1S/C20H28N2O2/c1-4-6-12-24-19-10-9-17(13-20(19)23-5-2)14-21-15-18-16(3)8-7-11-22-18/h7-11,13,21H,4-6,12,14-15H2,1-3H3. The van der Waals surface area contributed by atoms with Crippen LogP contribution in [0.5, 0.6) is 11.5 Å². The molecule has 0 bridgehead atoms. The van der Waals surface area contributed by atoms with Gasteiger partial charge in [0.1, 0.15) is 0 Å². The molecule has 130 valence electrons. The lowest BCUT2D eigenvalue weighted by Gasteiger charge is -2.14. The number of rotatable bonds is 10. The van der Waals surface area contributed by atoms with Gasteiger partial charge in [-0.2, -0.15) is 0 Å². The van der Waals surface area contributed by atoms with Crippen molar-refractivity contribution in [3.63, 3.8) is 0 Å². The summed E-state index contributed by atoms with van der Waals surface area (Å²) in [6.07, 6.45) is 4.01. The minimum Gasteiger partial charge on any atom is -0.490 e. The Morgan fingerprint density at radius 2 is 1.92 bits per heavy atom. The molecule has 0 aliphatic heterocycles. The first kappa shape index (κ1) is 18.3. The lowest BCUT2D eigenvalue weighted by molar-refractivity contribution is 0.272. The average Bonchev–Trinajstić information content (AvgIpc) is 2.59. The molecule has 4 nitrogen and oxygen atoms in total. The Bertz CT molecular complexity index is 629. The highest BCUT2D eigenvalue weighted by Gasteiger charge is 2.07. The first-order valence-electron chi connectivity index (χ1n) is 8.74. The summed E-state index contributed by atoms with van der Waals surface area (Å²) in [7, 11) is 0. The van der Waals surface area contributed by atoms with Gasteiger partial charge in [0.25, 0.3) is 0 Å². The third-order valence-electron chi connectivity index (χ3n) is 3.80. The van der Waals surface area contributed by atoms with E-state index in [-0.39, 0.29) is 0 Å². The van der Waals surface area contributed by atoms with Crippen LogP contribution in [0.25, 0.3) is 0 Å². The maximum absolute atomic E-state index is 5.82. The molecule has 0 atom stereocenters. The SMILES string of the molecule is CCCCOc1ccc(CNCc2ncccc2C)cc1OCC. The molecule has 1 aromatic heterocycles. The molecule has 0 amide bonds. The van der Waals surface area contributed by atoms with Crippen molar-refractivity contribution in [3.05, 3.63) is 53.3 Å². The molecule has 1 aromatic carbocycles. The second-order valence-corrected chi connectivity index (χ2v) is 5.79. The van der Waals surface area contributed by atoms with Crippen molar-refractivity contribution >= 4 is 0 Å². The first-order chi connectivity index (χ1) is 11.7. The van der Waals surface area contributed by atoms with Crippen LogP contribution in [0, 0.1) is 6.92 Å². The van der Waals surface area contributed by atoms with Crippen LogP contribution in [0.3, 0.4) is 0 Å². The van der Waals surface area contributed by atoms with E-state index in [0.29, 0.717) is 6.61 Å². The van der Waals surface area contributed by atoms with Gasteiger partial charge in [0.15, 0.2) is 11.5 Å². The van der Waals surface area contributed by atoms with Crippen molar-refractivity contribution in [3.8, 4) is 11.5 Å². The summed E-state index contributed by atoms with van der Waals surface area (Å²) in [6, 6.07) is 10.2. The molecule has 0 aliphatic carbocycles. The maximum Gasteiger partial charge on any atom is 0.161 e. The molecule has 4 heteroatoms. The number of aryl methyl sites for hydroxylation is 1. The fraction of sp³-hybridized carbons (Fsp3) is 0.450. The van der Waals surface area contributed by atoms with Crippen molar-refractivity contribution < 1.29 is 9.47 Å². The van der Waals surface area contributed by atoms with Crippen LogP contribution in [0.1, 0.15) is 43.5 Å². The summed E-state index contributed by atoms with van der Waals surface area (Å²) < 4.78 is 11.5. The minimum atomic E-state index is 0.633. The lowest BCUT2D eigenvalue weighted by Crippen LogP contribution is -2.14. The molecule has 1 N–H and O–H groups in total. The van der Waals surface area contributed by atoms with Gasteiger partial charge in [-0.1, -0.05) is 25.5 Å². The molecular weight excluding hydrogens is 300 g/mol. The van der Waals surface area contributed by atoms with E-state index < -0.39 is 0 Å². The predicted molar refractivity (Wildman–Crippen MR) is 97.5 cm³/mol. The molecule has 0 saturated heterocycles. The monoisotopic (exact) mass is 328 g/mol. The van der Waals surface area contributed by atoms with Gasteiger partial charge in [-0.15, -0.1) is 0 Å². The Hall–Kier alpha value is -2.07. The summed E-state index contributed by atoms with van der Waals surface area (Å²) in [5.74, 6) is 1.65. The largest absolute Gasteiger partial charge is 0.490 e. The Kier molecular flexibility index (Phi) is 7.56. The quantitative estimate of drug-likeness (QED) is 0.662. The molecule has 1 heterocycles. The van der Waals surface area contributed by atoms with E-state index >= 15 is 0 Å². The molecule has 0 aliphatic rings. The van der Waals surface area contributed by atoms with Gasteiger partial charge in [0.2, 0.25) is 0 Å². The van der Waals surface area contributed by atoms with Gasteiger partial charge in [-0.25, -0.2) is 0 Å². The van der Waals surface area contributed by atoms with E-state index in [1.807, 2.05) is 25.3 Å². The van der Waals surface area contributed by atoms with E-state index in [1.54, 1.807) is 0 Å². The molecule has 0 saturated carbocycles. The third kappa shape index (κ3) is 5.53. The summed E-state index contributed by atoms with van der Waals surface area (Å²) in [6.45, 7) is 9.12. The third-order valence-corrected chi connectivity index (χ3v) is 3.80. The van der Waals surface area contributed by atoms with Crippen LogP contribution in [-0.2, 0) is 13.1 Å². The van der Waals surface area contributed by atoms with Crippen molar-refractivity contribution in [1.29, 1.82) is 0 Å². The molecular formula is C20H28N2O2. The summed E-state index contributed by atoms with van der Waals surface area (Å²) in [4.78, 5) is 4.41. The van der Waals surface area contributed by atoms with Gasteiger partial charge in [-0.3, -0.25) is 4.98 Å². The molecule has 0 radical (unpaired) electrons. The van der Waals surface area contributed by atoms with Gasteiger partial charge >= 0.3 is 0 Å². The van der Waals surface area contributed by atoms with Gasteiger partial charge in [0.05, 0.1) is 18.9 Å². The van der Waals surface area contributed by atoms with Crippen molar-refractivity contribution in [2.45, 2.75) is 46.7 Å². The smallest absolute Gasteiger partial charge is 0.161 e. The predicted octanol–water partition coefficient (Wildman–Crippen LogP) is 4.26. The number of aromatic nitrogens is 1. The van der Waals surface area contributed by atoms with Crippen LogP contribution in [0.2, 0.25) is 0 Å². The highest BCUT2D eigenvalue weighted by atomic mass is 16.5. The molecule has 0 unspecified atom stereocenters. The summed E-state index contributed by atoms with van der Waals surface area (Å²) in [5.41, 5.74) is 3.47. The zero-order valence-electron chi connectivity index (χ0n) is 15.0. The Labute approximate surface area is 145 Å². The molecule has 2 aromatic rings. The molecule has 0 spiro atoms. The van der Waals surface area contributed by atoms with Gasteiger partial charge in [0, 0.05) is 19.3 Å². The Balaban J connectivity index is 1.94. The van der Waals surface area contributed by atoms with Crippen molar-refractivity contribution in [2.75, 3.05) is 13.2 Å². The van der Waals surface area contributed by atoms with E-state index in [1.165, 1.54) is 11.1 Å². The normalized spacial score (nSPS) is 10.6. The molecule has 24 heavy (non-hydrogen) atoms. The van der Waals surface area contributed by atoms with Crippen LogP contribution in [-0.4, -0.2) is 18.2 Å². The van der Waals surface area contributed by atoms with E-state index in [4.69, 9.17) is 9.47 Å². The van der Waals surface area contributed by atoms with E-state index in [9.17, 15) is 0 Å². The van der Waals surface area contributed by atoms with Crippen molar-refractivity contribution in [2.24, 2.45) is 0 Å². The average molecular weight is 328 g/mol. The maximum atomic E-state index is 5.82. The Morgan fingerprint density at radius 3 is 2.67 bits per heavy atom. The zero-order valence-corrected chi connectivity index (χ0v) is 15.0. The minimum absolute atomic E-state index is 0.633. The Morgan fingerprint density at radius 1 is 1.04 bits per heavy atom. The topological polar surface area (TPSA) is 43.4 Å². The van der Waals surface area contributed by atoms with Crippen LogP contribution in [0.4, 0.5) is 0 Å². The lowest BCUT2D eigenvalue weighted by atomic mass is 10.2. The summed E-state index contributed by atoms with van der Waals surface area (Å²) >= 11 is 0. The van der Waals surface area contributed by atoms with E-state index in [0.717, 1.165) is 49.7 Å². The van der Waals surface area contributed by atoms with E-state index in [2.05, 4.69) is 42.3 Å². The molecule has 2 rings (SSSR count). The molecule has 0 fully saturated rings. The van der Waals surface area contributed by atoms with Gasteiger partial charge in [-0.05, 0) is 49.6 Å². The second-order valence-electron chi connectivity index (χ2n) is 5.79. The van der Waals surface area contributed by atoms with Crippen molar-refractivity contribution in [1.82, 2.24) is 10.3 Å². The number of nitrogens with zero attached hydrogens (tertiary/aromatic N) is 1. The number of hydrogen-bond acceptors (Lipinski definition) is 4. The number of nitrogens with one attached hydrogen (secondary N) is 1. The fourth-order valence-corrected chi connectivity index (χ4v) is 2.41. The zero-order chi connectivity index (χ0) is 17.2. The highest BCUT2D eigenvalue weighted by molar-refractivity contribution is 5.43. The highest BCUT2D eigenvalue weighted by Crippen LogP contribution is 2.28. The van der Waals surface area contributed by atoms with Crippen LogP contribution in [0.15, 0.2) is 36.5 Å². The van der Waals surface area contributed by atoms with Crippen LogP contribution >= 0.6 is 0 Å². The van der Waals surface area contributed by atoms with Crippen LogP contribution < -0.4 is 14.8 Å². The number of benzene rings is 1. The number of pyridine rings is 1. The summed E-state index contributed by atoms with van der Waals surface area (Å²) in [5, 5.41) is 3.44. The second kappa shape index (κ2) is 9.93. The van der Waals surface area contributed by atoms with Gasteiger partial charge < -0.3 is 14.8 Å². The fourth-order valence-electron chi connectivity index (χ4n) is 2.41. The number of ether oxygens (including phenoxy) is 2.